The number of hydrogen-bond acceptors (Lipinski definition) is 4. The summed E-state index contributed by atoms with van der Waals surface area (Å²) < 4.78 is 11.2. The van der Waals surface area contributed by atoms with Gasteiger partial charge in [0.15, 0.2) is 6.61 Å². The Morgan fingerprint density at radius 3 is 2.54 bits per heavy atom. The van der Waals surface area contributed by atoms with Gasteiger partial charge in [-0.1, -0.05) is 25.4 Å². The maximum Gasteiger partial charge on any atom is 0.262 e. The number of morpholine rings is 1. The number of halogens is 1. The van der Waals surface area contributed by atoms with Crippen LogP contribution in [0.1, 0.15) is 30.9 Å². The summed E-state index contributed by atoms with van der Waals surface area (Å²) >= 11 is 6.22. The second kappa shape index (κ2) is 9.30. The molecule has 0 bridgehead atoms. The molecule has 1 heterocycles. The average molecular weight is 403 g/mol. The predicted octanol–water partition coefficient (Wildman–Crippen LogP) is 4.63. The summed E-state index contributed by atoms with van der Waals surface area (Å²) in [5, 5.41) is 3.59. The van der Waals surface area contributed by atoms with Crippen LogP contribution in [0.15, 0.2) is 36.4 Å². The lowest BCUT2D eigenvalue weighted by molar-refractivity contribution is -0.118. The lowest BCUT2D eigenvalue weighted by Gasteiger charge is -2.28. The molecule has 0 saturated carbocycles. The number of benzene rings is 2. The van der Waals surface area contributed by atoms with Gasteiger partial charge in [-0.25, -0.2) is 0 Å². The molecule has 0 unspecified atom stereocenters. The van der Waals surface area contributed by atoms with Gasteiger partial charge >= 0.3 is 0 Å². The van der Waals surface area contributed by atoms with Gasteiger partial charge in [0.25, 0.3) is 5.91 Å². The molecular weight excluding hydrogens is 376 g/mol. The molecule has 0 aromatic heterocycles. The Bertz CT molecular complexity index is 815. The maximum atomic E-state index is 12.3. The average Bonchev–Trinajstić information content (AvgIpc) is 2.69. The van der Waals surface area contributed by atoms with Crippen molar-refractivity contribution in [1.82, 2.24) is 0 Å². The minimum absolute atomic E-state index is 0.0496. The van der Waals surface area contributed by atoms with Crippen LogP contribution < -0.4 is 15.0 Å². The van der Waals surface area contributed by atoms with Crippen molar-refractivity contribution in [2.24, 2.45) is 0 Å². The molecule has 1 saturated heterocycles. The first kappa shape index (κ1) is 20.5. The van der Waals surface area contributed by atoms with Crippen molar-refractivity contribution < 1.29 is 14.3 Å². The first-order chi connectivity index (χ1) is 13.4. The van der Waals surface area contributed by atoms with E-state index in [0.717, 1.165) is 48.8 Å². The molecule has 28 heavy (non-hydrogen) atoms. The minimum atomic E-state index is -0.193. The van der Waals surface area contributed by atoms with E-state index in [1.165, 1.54) is 0 Å². The molecule has 0 radical (unpaired) electrons. The van der Waals surface area contributed by atoms with Crippen LogP contribution in [0.5, 0.6) is 5.75 Å². The lowest BCUT2D eigenvalue weighted by atomic mass is 10.0. The third-order valence-electron chi connectivity index (χ3n) is 4.80. The Morgan fingerprint density at radius 2 is 1.89 bits per heavy atom. The van der Waals surface area contributed by atoms with Gasteiger partial charge in [0, 0.05) is 29.5 Å². The molecule has 1 N–H and O–H groups in total. The highest BCUT2D eigenvalue weighted by Crippen LogP contribution is 2.32. The summed E-state index contributed by atoms with van der Waals surface area (Å²) in [5.41, 5.74) is 3.82. The van der Waals surface area contributed by atoms with E-state index in [1.807, 2.05) is 43.3 Å². The van der Waals surface area contributed by atoms with E-state index in [2.05, 4.69) is 24.1 Å². The fourth-order valence-electron chi connectivity index (χ4n) is 3.16. The van der Waals surface area contributed by atoms with Crippen LogP contribution in [0.4, 0.5) is 11.4 Å². The molecule has 1 aliphatic rings. The third-order valence-corrected chi connectivity index (χ3v) is 5.21. The Kier molecular flexibility index (Phi) is 6.81. The first-order valence-corrected chi connectivity index (χ1v) is 9.97. The molecule has 0 aliphatic carbocycles. The van der Waals surface area contributed by atoms with Crippen molar-refractivity contribution in [2.45, 2.75) is 26.7 Å². The van der Waals surface area contributed by atoms with Crippen molar-refractivity contribution in [2.75, 3.05) is 43.1 Å². The zero-order chi connectivity index (χ0) is 20.1. The van der Waals surface area contributed by atoms with Gasteiger partial charge < -0.3 is 19.7 Å². The molecule has 2 aromatic carbocycles. The molecule has 2 aromatic rings. The number of anilines is 2. The number of nitrogens with one attached hydrogen (secondary N) is 1. The van der Waals surface area contributed by atoms with E-state index in [9.17, 15) is 4.79 Å². The third kappa shape index (κ3) is 5.18. The standard InChI is InChI=1S/C22H27ClN2O3/c1-15(2)19-13-20(23)16(3)12-21(19)28-14-22(26)24-17-4-6-18(7-5-17)25-8-10-27-11-9-25/h4-7,12-13,15H,8-11,14H2,1-3H3,(H,24,26). The number of rotatable bonds is 6. The SMILES string of the molecule is Cc1cc(OCC(=O)Nc2ccc(N3CCOCC3)cc2)c(C(C)C)cc1Cl. The molecule has 5 nitrogen and oxygen atoms in total. The summed E-state index contributed by atoms with van der Waals surface area (Å²) in [6.07, 6.45) is 0. The number of carbonyl (C=O) groups is 1. The quantitative estimate of drug-likeness (QED) is 0.765. The predicted molar refractivity (Wildman–Crippen MR) is 114 cm³/mol. The number of carbonyl (C=O) groups excluding carboxylic acids is 1. The van der Waals surface area contributed by atoms with Crippen LogP contribution in [0.2, 0.25) is 5.02 Å². The van der Waals surface area contributed by atoms with E-state index < -0.39 is 0 Å². The Labute approximate surface area is 171 Å². The van der Waals surface area contributed by atoms with Gasteiger partial charge in [0.05, 0.1) is 13.2 Å². The topological polar surface area (TPSA) is 50.8 Å². The van der Waals surface area contributed by atoms with Gasteiger partial charge in [-0.15, -0.1) is 0 Å². The smallest absolute Gasteiger partial charge is 0.262 e. The van der Waals surface area contributed by atoms with Crippen LogP contribution in [0.25, 0.3) is 0 Å². The number of ether oxygens (including phenoxy) is 2. The normalized spacial score (nSPS) is 14.2. The second-order valence-corrected chi connectivity index (χ2v) is 7.68. The molecular formula is C22H27ClN2O3. The maximum absolute atomic E-state index is 12.3. The molecule has 0 spiro atoms. The summed E-state index contributed by atoms with van der Waals surface area (Å²) in [4.78, 5) is 14.6. The molecule has 6 heteroatoms. The molecule has 1 aliphatic heterocycles. The summed E-state index contributed by atoms with van der Waals surface area (Å²) in [6.45, 7) is 9.29. The number of nitrogens with zero attached hydrogens (tertiary/aromatic N) is 1. The van der Waals surface area contributed by atoms with Crippen LogP contribution in [-0.2, 0) is 9.53 Å². The van der Waals surface area contributed by atoms with Crippen LogP contribution >= 0.6 is 11.6 Å². The van der Waals surface area contributed by atoms with Gasteiger partial charge in [-0.3, -0.25) is 4.79 Å². The first-order valence-electron chi connectivity index (χ1n) is 9.59. The van der Waals surface area contributed by atoms with Crippen molar-refractivity contribution in [3.8, 4) is 5.75 Å². The van der Waals surface area contributed by atoms with Crippen molar-refractivity contribution in [3.63, 3.8) is 0 Å². The molecule has 0 atom stereocenters. The van der Waals surface area contributed by atoms with Crippen LogP contribution in [0.3, 0.4) is 0 Å². The minimum Gasteiger partial charge on any atom is -0.483 e. The van der Waals surface area contributed by atoms with Crippen molar-refractivity contribution in [1.29, 1.82) is 0 Å². The van der Waals surface area contributed by atoms with Crippen LogP contribution in [0, 0.1) is 6.92 Å². The second-order valence-electron chi connectivity index (χ2n) is 7.28. The molecule has 1 amide bonds. The number of amides is 1. The Balaban J connectivity index is 1.58. The Hall–Kier alpha value is -2.24. The molecule has 3 rings (SSSR count). The van der Waals surface area contributed by atoms with Gasteiger partial charge in [0.2, 0.25) is 0 Å². The summed E-state index contributed by atoms with van der Waals surface area (Å²) in [6, 6.07) is 11.7. The highest BCUT2D eigenvalue weighted by molar-refractivity contribution is 6.31. The van der Waals surface area contributed by atoms with E-state index in [-0.39, 0.29) is 18.4 Å². The monoisotopic (exact) mass is 402 g/mol. The zero-order valence-electron chi connectivity index (χ0n) is 16.6. The van der Waals surface area contributed by atoms with Crippen LogP contribution in [-0.4, -0.2) is 38.8 Å². The summed E-state index contributed by atoms with van der Waals surface area (Å²) in [7, 11) is 0. The highest BCUT2D eigenvalue weighted by atomic mass is 35.5. The van der Waals surface area contributed by atoms with E-state index in [1.54, 1.807) is 0 Å². The van der Waals surface area contributed by atoms with Gasteiger partial charge in [-0.05, 0) is 60.4 Å². The Morgan fingerprint density at radius 1 is 1.21 bits per heavy atom. The van der Waals surface area contributed by atoms with Crippen molar-refractivity contribution >= 4 is 28.9 Å². The fraction of sp³-hybridized carbons (Fsp3) is 0.409. The van der Waals surface area contributed by atoms with Gasteiger partial charge in [0.1, 0.15) is 5.75 Å². The number of aryl methyl sites for hydroxylation is 1. The highest BCUT2D eigenvalue weighted by Gasteiger charge is 2.14. The summed E-state index contributed by atoms with van der Waals surface area (Å²) in [5.74, 6) is 0.764. The van der Waals surface area contributed by atoms with Gasteiger partial charge in [-0.2, -0.15) is 0 Å². The fourth-order valence-corrected chi connectivity index (χ4v) is 3.34. The van der Waals surface area contributed by atoms with E-state index in [4.69, 9.17) is 21.1 Å². The number of hydrogen-bond donors (Lipinski definition) is 1. The molecule has 150 valence electrons. The van der Waals surface area contributed by atoms with E-state index >= 15 is 0 Å². The van der Waals surface area contributed by atoms with E-state index in [0.29, 0.717) is 10.8 Å². The largest absolute Gasteiger partial charge is 0.483 e. The molecule has 1 fully saturated rings. The van der Waals surface area contributed by atoms with Crippen molar-refractivity contribution in [3.05, 3.63) is 52.5 Å². The zero-order valence-corrected chi connectivity index (χ0v) is 17.4. The lowest BCUT2D eigenvalue weighted by Crippen LogP contribution is -2.36.